The zero-order valence-corrected chi connectivity index (χ0v) is 16.5. The fraction of sp³-hybridized carbons (Fsp3) is 0.524. The molecule has 6 nitrogen and oxygen atoms in total. The molecule has 1 saturated carbocycles. The molecule has 28 heavy (non-hydrogen) atoms. The zero-order chi connectivity index (χ0) is 19.3. The molecule has 0 bridgehead atoms. The number of hydrogen-bond acceptors (Lipinski definition) is 3. The molecule has 2 fully saturated rings. The van der Waals surface area contributed by atoms with Gasteiger partial charge in [0.05, 0.1) is 16.2 Å². The van der Waals surface area contributed by atoms with E-state index in [-0.39, 0.29) is 11.9 Å². The first-order valence-electron chi connectivity index (χ1n) is 10.2. The van der Waals surface area contributed by atoms with Crippen LogP contribution in [0.25, 0.3) is 11.0 Å². The fourth-order valence-electron chi connectivity index (χ4n) is 5.04. The van der Waals surface area contributed by atoms with Gasteiger partial charge in [-0.15, -0.1) is 0 Å². The minimum absolute atomic E-state index is 0.0636. The molecule has 2 aliphatic heterocycles. The highest BCUT2D eigenvalue weighted by Crippen LogP contribution is 2.49. The average molecular weight is 402 g/mol. The number of nitrogens with one attached hydrogen (secondary N) is 2. The molecule has 0 radical (unpaired) electrons. The number of carbonyl (C=O) groups excluding carboxylic acids is 2. The van der Waals surface area contributed by atoms with Crippen LogP contribution in [0.15, 0.2) is 16.5 Å². The minimum atomic E-state index is -0.484. The van der Waals surface area contributed by atoms with Gasteiger partial charge in [0.2, 0.25) is 0 Å². The van der Waals surface area contributed by atoms with Gasteiger partial charge >= 0.3 is 6.03 Å². The first-order valence-corrected chi connectivity index (χ1v) is 10.6. The lowest BCUT2D eigenvalue weighted by molar-refractivity contribution is 0.0694. The van der Waals surface area contributed by atoms with E-state index in [1.807, 2.05) is 4.90 Å². The van der Waals surface area contributed by atoms with Crippen molar-refractivity contribution in [2.24, 2.45) is 0 Å². The predicted octanol–water partition coefficient (Wildman–Crippen LogP) is 5.01. The van der Waals surface area contributed by atoms with Crippen LogP contribution in [0.2, 0.25) is 5.02 Å². The third kappa shape index (κ3) is 2.77. The number of anilines is 1. The van der Waals surface area contributed by atoms with Gasteiger partial charge in [0, 0.05) is 24.0 Å². The van der Waals surface area contributed by atoms with E-state index in [0.717, 1.165) is 69.0 Å². The van der Waals surface area contributed by atoms with Crippen LogP contribution in [0.1, 0.15) is 67.5 Å². The second-order valence-electron chi connectivity index (χ2n) is 8.21. The van der Waals surface area contributed by atoms with Crippen molar-refractivity contribution in [2.45, 2.75) is 56.9 Å². The van der Waals surface area contributed by atoms with Gasteiger partial charge in [-0.3, -0.25) is 4.79 Å². The Morgan fingerprint density at radius 3 is 2.54 bits per heavy atom. The van der Waals surface area contributed by atoms with E-state index in [1.165, 1.54) is 6.42 Å². The van der Waals surface area contributed by atoms with Crippen molar-refractivity contribution < 1.29 is 14.0 Å². The smallest absolute Gasteiger partial charge is 0.319 e. The lowest BCUT2D eigenvalue weighted by Gasteiger charge is -2.42. The number of benzene rings is 1. The van der Waals surface area contributed by atoms with Gasteiger partial charge in [-0.05, 0) is 44.2 Å². The number of hydrogen-bond donors (Lipinski definition) is 2. The van der Waals surface area contributed by atoms with Crippen LogP contribution in [0.5, 0.6) is 0 Å². The highest BCUT2D eigenvalue weighted by atomic mass is 35.5. The monoisotopic (exact) mass is 401 g/mol. The van der Waals surface area contributed by atoms with Crippen LogP contribution < -0.4 is 10.6 Å². The van der Waals surface area contributed by atoms with E-state index in [2.05, 4.69) is 10.6 Å². The number of piperidine rings is 1. The van der Waals surface area contributed by atoms with Gasteiger partial charge in [0.1, 0.15) is 5.58 Å². The summed E-state index contributed by atoms with van der Waals surface area (Å²) in [5, 5.41) is 7.30. The largest absolute Gasteiger partial charge is 0.450 e. The van der Waals surface area contributed by atoms with E-state index in [0.29, 0.717) is 22.1 Å². The normalized spacial score (nSPS) is 21.3. The SMILES string of the molecule is O=C1Nc2c(Cl)cc3cc(C(=O)N4CCCCC4)oc3c2C2(CCCCC2)N1. The summed E-state index contributed by atoms with van der Waals surface area (Å²) in [4.78, 5) is 27.2. The molecule has 3 amide bonds. The Balaban J connectivity index is 1.65. The Hall–Kier alpha value is -2.21. The number of carbonyl (C=O) groups is 2. The maximum absolute atomic E-state index is 13.0. The van der Waals surface area contributed by atoms with Crippen LogP contribution in [0.4, 0.5) is 10.5 Å². The van der Waals surface area contributed by atoms with Crippen LogP contribution in [-0.4, -0.2) is 29.9 Å². The highest BCUT2D eigenvalue weighted by Gasteiger charge is 2.44. The molecular weight excluding hydrogens is 378 g/mol. The molecule has 2 N–H and O–H groups in total. The molecule has 1 aliphatic carbocycles. The van der Waals surface area contributed by atoms with E-state index >= 15 is 0 Å². The fourth-order valence-corrected chi connectivity index (χ4v) is 5.30. The van der Waals surface area contributed by atoms with Crippen molar-refractivity contribution in [1.82, 2.24) is 10.2 Å². The van der Waals surface area contributed by atoms with Gasteiger partial charge in [-0.2, -0.15) is 0 Å². The number of nitrogens with zero attached hydrogens (tertiary/aromatic N) is 1. The average Bonchev–Trinajstić information content (AvgIpc) is 3.12. The molecule has 1 spiro atoms. The second-order valence-corrected chi connectivity index (χ2v) is 8.62. The first-order chi connectivity index (χ1) is 13.6. The van der Waals surface area contributed by atoms with E-state index in [4.69, 9.17) is 16.0 Å². The molecule has 2 aromatic rings. The van der Waals surface area contributed by atoms with E-state index in [9.17, 15) is 9.59 Å². The van der Waals surface area contributed by atoms with Crippen LogP contribution in [0.3, 0.4) is 0 Å². The molecular formula is C21H24ClN3O3. The van der Waals surface area contributed by atoms with Gasteiger partial charge in [0.25, 0.3) is 5.91 Å². The van der Waals surface area contributed by atoms with Crippen LogP contribution in [-0.2, 0) is 5.54 Å². The lowest BCUT2D eigenvalue weighted by Crippen LogP contribution is -2.52. The van der Waals surface area contributed by atoms with Gasteiger partial charge in [-0.25, -0.2) is 4.79 Å². The minimum Gasteiger partial charge on any atom is -0.450 e. The molecule has 7 heteroatoms. The maximum atomic E-state index is 13.0. The molecule has 5 rings (SSSR count). The van der Waals surface area contributed by atoms with Gasteiger partial charge < -0.3 is 20.0 Å². The summed E-state index contributed by atoms with van der Waals surface area (Å²) in [6, 6.07) is 3.35. The molecule has 0 unspecified atom stereocenters. The molecule has 1 saturated heterocycles. The summed E-state index contributed by atoms with van der Waals surface area (Å²) in [6.07, 6.45) is 8.15. The van der Waals surface area contributed by atoms with Crippen LogP contribution >= 0.6 is 11.6 Å². The Bertz CT molecular complexity index is 955. The van der Waals surface area contributed by atoms with Crippen molar-refractivity contribution in [3.8, 4) is 0 Å². The summed E-state index contributed by atoms with van der Waals surface area (Å²) in [6.45, 7) is 1.55. The standard InChI is InChI=1S/C21H24ClN3O3/c22-14-11-13-12-15(19(26)25-9-5-2-6-10-25)28-18(13)16-17(14)23-20(27)24-21(16)7-3-1-4-8-21/h11-12H,1-10H2,(H2,23,24,27). The predicted molar refractivity (Wildman–Crippen MR) is 108 cm³/mol. The molecule has 148 valence electrons. The van der Waals surface area contributed by atoms with Gasteiger partial charge in [0.15, 0.2) is 5.76 Å². The van der Waals surface area contributed by atoms with E-state index in [1.54, 1.807) is 12.1 Å². The molecule has 0 atom stereocenters. The van der Waals surface area contributed by atoms with Crippen molar-refractivity contribution in [3.63, 3.8) is 0 Å². The Morgan fingerprint density at radius 2 is 1.79 bits per heavy atom. The van der Waals surface area contributed by atoms with Crippen molar-refractivity contribution >= 4 is 40.2 Å². The summed E-state index contributed by atoms with van der Waals surface area (Å²) in [5.74, 6) is 0.287. The zero-order valence-electron chi connectivity index (χ0n) is 15.8. The number of halogens is 1. The van der Waals surface area contributed by atoms with Crippen LogP contribution in [0, 0.1) is 0 Å². The number of urea groups is 1. The highest BCUT2D eigenvalue weighted by molar-refractivity contribution is 6.35. The molecule has 1 aromatic carbocycles. The Labute approximate surface area is 168 Å². The third-order valence-corrected chi connectivity index (χ3v) is 6.69. The quantitative estimate of drug-likeness (QED) is 0.705. The summed E-state index contributed by atoms with van der Waals surface area (Å²) in [5.41, 5.74) is 1.69. The first kappa shape index (κ1) is 17.9. The molecule has 1 aromatic heterocycles. The number of fused-ring (bicyclic) bond motifs is 4. The van der Waals surface area contributed by atoms with Crippen molar-refractivity contribution in [2.75, 3.05) is 18.4 Å². The molecule has 3 aliphatic rings. The van der Waals surface area contributed by atoms with Crippen molar-refractivity contribution in [1.29, 1.82) is 0 Å². The Kier molecular flexibility index (Phi) is 4.27. The van der Waals surface area contributed by atoms with Gasteiger partial charge in [-0.1, -0.05) is 30.9 Å². The number of rotatable bonds is 1. The van der Waals surface area contributed by atoms with E-state index < -0.39 is 5.54 Å². The number of likely N-dealkylation sites (tertiary alicyclic amines) is 1. The number of furan rings is 1. The summed E-state index contributed by atoms with van der Waals surface area (Å²) < 4.78 is 6.16. The third-order valence-electron chi connectivity index (χ3n) is 6.39. The van der Waals surface area contributed by atoms with Crippen molar-refractivity contribution in [3.05, 3.63) is 28.5 Å². The lowest BCUT2D eigenvalue weighted by atomic mass is 9.74. The Morgan fingerprint density at radius 1 is 1.07 bits per heavy atom. The number of amides is 3. The molecule has 3 heterocycles. The summed E-state index contributed by atoms with van der Waals surface area (Å²) >= 11 is 6.55. The topological polar surface area (TPSA) is 74.6 Å². The maximum Gasteiger partial charge on any atom is 0.319 e. The second kappa shape index (κ2) is 6.69. The summed E-state index contributed by atoms with van der Waals surface area (Å²) in [7, 11) is 0.